The lowest BCUT2D eigenvalue weighted by atomic mass is 10.2. The van der Waals surface area contributed by atoms with Crippen LogP contribution in [0.3, 0.4) is 0 Å². The molecule has 3 aromatic rings. The maximum absolute atomic E-state index is 12.2. The molecule has 140 valence electrons. The third-order valence-corrected chi connectivity index (χ3v) is 3.83. The van der Waals surface area contributed by atoms with Gasteiger partial charge in [0.15, 0.2) is 17.3 Å². The van der Waals surface area contributed by atoms with E-state index in [0.717, 1.165) is 0 Å². The number of benzene rings is 1. The molecule has 0 saturated heterocycles. The molecule has 0 aliphatic carbocycles. The highest BCUT2D eigenvalue weighted by Gasteiger charge is 2.15. The third kappa shape index (κ3) is 3.66. The molecular weight excluding hydrogens is 356 g/mol. The highest BCUT2D eigenvalue weighted by molar-refractivity contribution is 5.92. The number of nitrogens with one attached hydrogen (secondary N) is 1. The first-order valence-electron chi connectivity index (χ1n) is 8.18. The van der Waals surface area contributed by atoms with Gasteiger partial charge in [-0.1, -0.05) is 5.16 Å². The fourth-order valence-corrected chi connectivity index (χ4v) is 2.55. The number of aryl methyl sites for hydroxylation is 1. The van der Waals surface area contributed by atoms with Crippen LogP contribution in [0.5, 0.6) is 11.5 Å². The zero-order valence-electron chi connectivity index (χ0n) is 14.4. The number of ether oxygens (including phenoxy) is 2. The Morgan fingerprint density at radius 2 is 2.07 bits per heavy atom. The smallest absolute Gasteiger partial charge is 0.345 e. The van der Waals surface area contributed by atoms with Crippen LogP contribution in [-0.4, -0.2) is 43.6 Å². The minimum atomic E-state index is -0.311. The van der Waals surface area contributed by atoms with Crippen LogP contribution < -0.4 is 20.5 Å². The van der Waals surface area contributed by atoms with Gasteiger partial charge in [-0.2, -0.15) is 10.1 Å². The lowest BCUT2D eigenvalue weighted by Gasteiger charge is -2.18. The van der Waals surface area contributed by atoms with E-state index in [0.29, 0.717) is 30.4 Å². The molecule has 0 fully saturated rings. The zero-order chi connectivity index (χ0) is 18.8. The van der Waals surface area contributed by atoms with Crippen molar-refractivity contribution in [3.05, 3.63) is 46.7 Å². The van der Waals surface area contributed by atoms with Crippen molar-refractivity contribution in [3.8, 4) is 11.5 Å². The van der Waals surface area contributed by atoms with Crippen LogP contribution in [0.25, 0.3) is 0 Å². The second kappa shape index (κ2) is 6.94. The minimum Gasteiger partial charge on any atom is -0.486 e. The van der Waals surface area contributed by atoms with Crippen molar-refractivity contribution in [2.24, 2.45) is 7.05 Å². The summed E-state index contributed by atoms with van der Waals surface area (Å²) >= 11 is 0. The van der Waals surface area contributed by atoms with E-state index in [9.17, 15) is 9.59 Å². The van der Waals surface area contributed by atoms with Crippen LogP contribution >= 0.6 is 0 Å². The summed E-state index contributed by atoms with van der Waals surface area (Å²) in [7, 11) is 1.59. The summed E-state index contributed by atoms with van der Waals surface area (Å²) in [6.45, 7) is 1.01. The summed E-state index contributed by atoms with van der Waals surface area (Å²) in [5.41, 5.74) is 0.277. The maximum Gasteiger partial charge on any atom is 0.345 e. The molecule has 3 heterocycles. The van der Waals surface area contributed by atoms with Crippen molar-refractivity contribution in [2.75, 3.05) is 18.5 Å². The van der Waals surface area contributed by atoms with Gasteiger partial charge in [-0.3, -0.25) is 9.36 Å². The highest BCUT2D eigenvalue weighted by Crippen LogP contribution is 2.32. The van der Waals surface area contributed by atoms with Crippen LogP contribution in [0, 0.1) is 0 Å². The molecule has 27 heavy (non-hydrogen) atoms. The van der Waals surface area contributed by atoms with E-state index in [1.54, 1.807) is 25.2 Å². The van der Waals surface area contributed by atoms with Crippen molar-refractivity contribution in [1.29, 1.82) is 0 Å². The molecule has 1 amide bonds. The second-order valence-corrected chi connectivity index (χ2v) is 5.87. The fourth-order valence-electron chi connectivity index (χ4n) is 2.55. The summed E-state index contributed by atoms with van der Waals surface area (Å²) in [6.07, 6.45) is 1.31. The van der Waals surface area contributed by atoms with E-state index in [1.165, 1.54) is 15.6 Å². The molecule has 0 unspecified atom stereocenters. The molecule has 2 aromatic heterocycles. The Labute approximate surface area is 152 Å². The van der Waals surface area contributed by atoms with Crippen molar-refractivity contribution >= 4 is 11.6 Å². The first kappa shape index (κ1) is 16.8. The number of fused-ring (bicyclic) bond motifs is 1. The van der Waals surface area contributed by atoms with Gasteiger partial charge in [-0.15, -0.1) is 0 Å². The van der Waals surface area contributed by atoms with Crippen LogP contribution in [0.15, 0.2) is 33.8 Å². The number of hydrogen-bond donors (Lipinski definition) is 1. The minimum absolute atomic E-state index is 0.0381. The Morgan fingerprint density at radius 3 is 2.85 bits per heavy atom. The first-order valence-corrected chi connectivity index (χ1v) is 8.18. The number of carbonyl (C=O) groups is 1. The van der Waals surface area contributed by atoms with Gasteiger partial charge in [0.2, 0.25) is 11.8 Å². The number of amides is 1. The van der Waals surface area contributed by atoms with E-state index in [-0.39, 0.29) is 36.3 Å². The molecule has 11 heteroatoms. The number of anilines is 1. The van der Waals surface area contributed by atoms with Crippen molar-refractivity contribution in [2.45, 2.75) is 13.0 Å². The first-order chi connectivity index (χ1) is 13.1. The standard InChI is InChI=1S/C16H16N6O5/c1-21-9-17-22(16(21)24)8-15-19-13(20-27-15)7-14(23)18-10-2-3-11-12(6-10)26-5-4-25-11/h2-3,6,9H,4-5,7-8H2,1H3,(H,18,23). The SMILES string of the molecule is Cn1cnn(Cc2nc(CC(=O)Nc3ccc4c(c3)OCCO4)no2)c1=O. The summed E-state index contributed by atoms with van der Waals surface area (Å²) in [4.78, 5) is 28.1. The van der Waals surface area contributed by atoms with Gasteiger partial charge in [0.25, 0.3) is 0 Å². The van der Waals surface area contributed by atoms with E-state index < -0.39 is 0 Å². The van der Waals surface area contributed by atoms with E-state index in [2.05, 4.69) is 20.6 Å². The molecule has 11 nitrogen and oxygen atoms in total. The zero-order valence-corrected chi connectivity index (χ0v) is 14.4. The molecule has 4 rings (SSSR count). The molecule has 0 bridgehead atoms. The van der Waals surface area contributed by atoms with Crippen LogP contribution in [-0.2, 0) is 24.8 Å². The van der Waals surface area contributed by atoms with Crippen molar-refractivity contribution < 1.29 is 18.8 Å². The fraction of sp³-hybridized carbons (Fsp3) is 0.312. The van der Waals surface area contributed by atoms with Gasteiger partial charge in [-0.05, 0) is 12.1 Å². The number of nitrogens with zero attached hydrogens (tertiary/aromatic N) is 5. The number of rotatable bonds is 5. The van der Waals surface area contributed by atoms with Gasteiger partial charge >= 0.3 is 5.69 Å². The summed E-state index contributed by atoms with van der Waals surface area (Å²) < 4.78 is 18.5. The lowest BCUT2D eigenvalue weighted by molar-refractivity contribution is -0.115. The average Bonchev–Trinajstić information content (AvgIpc) is 3.23. The van der Waals surface area contributed by atoms with Crippen LogP contribution in [0.1, 0.15) is 11.7 Å². The molecular formula is C16H16N6O5. The molecule has 1 aliphatic rings. The van der Waals surface area contributed by atoms with E-state index in [1.807, 2.05) is 0 Å². The molecule has 0 spiro atoms. The normalized spacial score (nSPS) is 12.8. The Morgan fingerprint density at radius 1 is 1.26 bits per heavy atom. The Bertz CT molecular complexity index is 1040. The van der Waals surface area contributed by atoms with E-state index >= 15 is 0 Å². The molecule has 1 aliphatic heterocycles. The van der Waals surface area contributed by atoms with Gasteiger partial charge in [0.05, 0.1) is 6.42 Å². The van der Waals surface area contributed by atoms with Gasteiger partial charge in [0, 0.05) is 18.8 Å². The van der Waals surface area contributed by atoms with Crippen molar-refractivity contribution in [3.63, 3.8) is 0 Å². The van der Waals surface area contributed by atoms with Crippen LogP contribution in [0.2, 0.25) is 0 Å². The molecule has 0 saturated carbocycles. The molecule has 0 radical (unpaired) electrons. The van der Waals surface area contributed by atoms with Gasteiger partial charge in [0.1, 0.15) is 26.1 Å². The third-order valence-electron chi connectivity index (χ3n) is 3.83. The molecule has 0 atom stereocenters. The molecule has 1 aromatic carbocycles. The number of carbonyl (C=O) groups excluding carboxylic acids is 1. The number of hydrogen-bond acceptors (Lipinski definition) is 8. The number of aromatic nitrogens is 5. The molecule has 1 N–H and O–H groups in total. The largest absolute Gasteiger partial charge is 0.486 e. The Kier molecular flexibility index (Phi) is 4.32. The van der Waals surface area contributed by atoms with Gasteiger partial charge < -0.3 is 19.3 Å². The van der Waals surface area contributed by atoms with Crippen molar-refractivity contribution in [1.82, 2.24) is 24.5 Å². The maximum atomic E-state index is 12.2. The van der Waals surface area contributed by atoms with Crippen LogP contribution in [0.4, 0.5) is 5.69 Å². The quantitative estimate of drug-likeness (QED) is 0.661. The lowest BCUT2D eigenvalue weighted by Crippen LogP contribution is -2.23. The topological polar surface area (TPSA) is 126 Å². The second-order valence-electron chi connectivity index (χ2n) is 5.87. The summed E-state index contributed by atoms with van der Waals surface area (Å²) in [6, 6.07) is 5.16. The monoisotopic (exact) mass is 372 g/mol. The summed E-state index contributed by atoms with van der Waals surface area (Å²) in [5.74, 6) is 1.32. The predicted octanol–water partition coefficient (Wildman–Crippen LogP) is -0.0345. The predicted molar refractivity (Wildman–Crippen MR) is 90.6 cm³/mol. The summed E-state index contributed by atoms with van der Waals surface area (Å²) in [5, 5.41) is 10.4. The average molecular weight is 372 g/mol. The Balaban J connectivity index is 1.38. The Hall–Kier alpha value is -3.63. The van der Waals surface area contributed by atoms with Gasteiger partial charge in [-0.25, -0.2) is 9.48 Å². The highest BCUT2D eigenvalue weighted by atomic mass is 16.6. The van der Waals surface area contributed by atoms with E-state index in [4.69, 9.17) is 14.0 Å².